The van der Waals surface area contributed by atoms with Crippen molar-refractivity contribution in [1.29, 1.82) is 0 Å². The van der Waals surface area contributed by atoms with Gasteiger partial charge >= 0.3 is 0 Å². The van der Waals surface area contributed by atoms with Gasteiger partial charge in [-0.1, -0.05) is 12.1 Å². The summed E-state index contributed by atoms with van der Waals surface area (Å²) in [6, 6.07) is 6.15. The average Bonchev–Trinajstić information content (AvgIpc) is 3.06. The van der Waals surface area contributed by atoms with E-state index in [0.29, 0.717) is 11.4 Å². The highest BCUT2D eigenvalue weighted by atomic mass is 32.1. The number of H-pyrrole nitrogens is 1. The van der Waals surface area contributed by atoms with Crippen LogP contribution in [-0.2, 0) is 16.8 Å². The van der Waals surface area contributed by atoms with E-state index in [1.807, 2.05) is 0 Å². The summed E-state index contributed by atoms with van der Waals surface area (Å²) in [6.45, 7) is 4.74. The van der Waals surface area contributed by atoms with E-state index in [4.69, 9.17) is 0 Å². The first-order valence-electron chi connectivity index (χ1n) is 8.48. The summed E-state index contributed by atoms with van der Waals surface area (Å²) in [5.41, 5.74) is -0.699. The lowest BCUT2D eigenvalue weighted by molar-refractivity contribution is -0.120. The van der Waals surface area contributed by atoms with Crippen molar-refractivity contribution in [2.75, 3.05) is 0 Å². The van der Waals surface area contributed by atoms with Gasteiger partial charge in [-0.25, -0.2) is 14.4 Å². The van der Waals surface area contributed by atoms with Crippen LogP contribution in [0.3, 0.4) is 0 Å². The number of nitrogens with one attached hydrogen (secondary N) is 2. The molecule has 0 aliphatic heterocycles. The number of benzene rings is 1. The van der Waals surface area contributed by atoms with E-state index in [1.54, 1.807) is 32.2 Å². The van der Waals surface area contributed by atoms with Gasteiger partial charge in [0, 0.05) is 24.4 Å². The summed E-state index contributed by atoms with van der Waals surface area (Å²) < 4.78 is 13.0. The molecule has 146 valence electrons. The van der Waals surface area contributed by atoms with Crippen molar-refractivity contribution in [1.82, 2.24) is 20.3 Å². The Morgan fingerprint density at radius 3 is 2.64 bits per heavy atom. The molecule has 0 aliphatic rings. The predicted octanol–water partition coefficient (Wildman–Crippen LogP) is 2.70. The summed E-state index contributed by atoms with van der Waals surface area (Å²) in [6.07, 6.45) is 2.16. The number of thiazole rings is 1. The lowest BCUT2D eigenvalue weighted by Crippen LogP contribution is -2.42. The molecule has 0 aliphatic carbocycles. The molecule has 1 amide bonds. The first-order chi connectivity index (χ1) is 13.2. The van der Waals surface area contributed by atoms with Crippen molar-refractivity contribution < 1.29 is 14.3 Å². The maximum atomic E-state index is 13.0. The molecule has 2 aromatic heterocycles. The molecule has 0 fully saturated rings. The molecule has 3 N–H and O–H groups in total. The molecular weight excluding hydrogens is 383 g/mol. The molecule has 0 radical (unpaired) electrons. The van der Waals surface area contributed by atoms with Gasteiger partial charge in [-0.2, -0.15) is 0 Å². The van der Waals surface area contributed by atoms with E-state index in [-0.39, 0.29) is 23.2 Å². The standard InChI is InChI=1S/C19H19FN4O3S/c1-10(25)24-19(2,3)18-22-14(15(26)16(27)23-18)17-21-9-13(28-17)8-11-4-6-12(20)7-5-11/h4-7,9,26H,8H2,1-3H3,(H,24,25)(H,22,23,27). The molecule has 0 unspecified atom stereocenters. The van der Waals surface area contributed by atoms with Crippen molar-refractivity contribution in [2.24, 2.45) is 0 Å². The van der Waals surface area contributed by atoms with Crippen LogP contribution in [0.4, 0.5) is 4.39 Å². The Bertz CT molecular complexity index is 1070. The lowest BCUT2D eigenvalue weighted by atomic mass is 10.0. The number of aromatic amines is 1. The molecule has 3 rings (SSSR count). The second-order valence-electron chi connectivity index (χ2n) is 6.85. The predicted molar refractivity (Wildman–Crippen MR) is 104 cm³/mol. The summed E-state index contributed by atoms with van der Waals surface area (Å²) in [5, 5.41) is 13.3. The van der Waals surface area contributed by atoms with Gasteiger partial charge in [0.25, 0.3) is 5.56 Å². The van der Waals surface area contributed by atoms with E-state index < -0.39 is 16.8 Å². The SMILES string of the molecule is CC(=O)NC(C)(C)c1nc(-c2ncc(Cc3ccc(F)cc3)s2)c(O)c(=O)[nH]1. The number of amides is 1. The first-order valence-corrected chi connectivity index (χ1v) is 9.29. The van der Waals surface area contributed by atoms with Crippen molar-refractivity contribution in [3.05, 3.63) is 62.9 Å². The van der Waals surface area contributed by atoms with E-state index in [1.165, 1.54) is 30.4 Å². The number of carbonyl (C=O) groups is 1. The van der Waals surface area contributed by atoms with Crippen LogP contribution in [-0.4, -0.2) is 26.0 Å². The minimum Gasteiger partial charge on any atom is -0.501 e. The van der Waals surface area contributed by atoms with Gasteiger partial charge in [0.1, 0.15) is 22.3 Å². The van der Waals surface area contributed by atoms with Crippen molar-refractivity contribution >= 4 is 17.2 Å². The van der Waals surface area contributed by atoms with E-state index in [2.05, 4.69) is 20.3 Å². The molecule has 2 heterocycles. The van der Waals surface area contributed by atoms with Crippen LogP contribution >= 0.6 is 11.3 Å². The Labute approximate surface area is 164 Å². The van der Waals surface area contributed by atoms with Gasteiger partial charge < -0.3 is 15.4 Å². The number of rotatable bonds is 5. The summed E-state index contributed by atoms with van der Waals surface area (Å²) in [5.74, 6) is -0.917. The number of halogens is 1. The molecule has 0 spiro atoms. The fourth-order valence-corrected chi connectivity index (χ4v) is 3.65. The molecule has 0 atom stereocenters. The second-order valence-corrected chi connectivity index (χ2v) is 7.97. The van der Waals surface area contributed by atoms with Gasteiger partial charge in [-0.05, 0) is 31.5 Å². The van der Waals surface area contributed by atoms with E-state index >= 15 is 0 Å². The summed E-state index contributed by atoms with van der Waals surface area (Å²) in [4.78, 5) is 35.6. The van der Waals surface area contributed by atoms with Gasteiger partial charge in [0.2, 0.25) is 11.7 Å². The number of nitrogens with zero attached hydrogens (tertiary/aromatic N) is 2. The van der Waals surface area contributed by atoms with Gasteiger partial charge in [-0.15, -0.1) is 11.3 Å². The maximum Gasteiger partial charge on any atom is 0.293 e. The zero-order chi connectivity index (χ0) is 20.5. The first kappa shape index (κ1) is 19.7. The normalized spacial score (nSPS) is 11.4. The highest BCUT2D eigenvalue weighted by Crippen LogP contribution is 2.30. The van der Waals surface area contributed by atoms with Crippen molar-refractivity contribution in [3.63, 3.8) is 0 Å². The zero-order valence-corrected chi connectivity index (χ0v) is 16.4. The second kappa shape index (κ2) is 7.51. The Morgan fingerprint density at radius 2 is 2.00 bits per heavy atom. The van der Waals surface area contributed by atoms with Crippen LogP contribution in [0, 0.1) is 5.82 Å². The minimum absolute atomic E-state index is 0.0486. The zero-order valence-electron chi connectivity index (χ0n) is 15.5. The average molecular weight is 402 g/mol. The third-order valence-corrected chi connectivity index (χ3v) is 5.03. The van der Waals surface area contributed by atoms with Crippen molar-refractivity contribution in [2.45, 2.75) is 32.7 Å². The van der Waals surface area contributed by atoms with Crippen LogP contribution < -0.4 is 10.9 Å². The topological polar surface area (TPSA) is 108 Å². The van der Waals surface area contributed by atoms with Gasteiger partial charge in [0.15, 0.2) is 0 Å². The fourth-order valence-electron chi connectivity index (χ4n) is 2.71. The summed E-state index contributed by atoms with van der Waals surface area (Å²) in [7, 11) is 0. The third kappa shape index (κ3) is 4.25. The molecule has 9 heteroatoms. The molecule has 3 aromatic rings. The Hall–Kier alpha value is -3.07. The molecule has 28 heavy (non-hydrogen) atoms. The quantitative estimate of drug-likeness (QED) is 0.608. The van der Waals surface area contributed by atoms with Crippen LogP contribution in [0.2, 0.25) is 0 Å². The molecule has 7 nitrogen and oxygen atoms in total. The number of aromatic hydroxyl groups is 1. The number of aromatic nitrogens is 3. The molecular formula is C19H19FN4O3S. The van der Waals surface area contributed by atoms with Gasteiger partial charge in [-0.3, -0.25) is 9.59 Å². The van der Waals surface area contributed by atoms with Gasteiger partial charge in [0.05, 0.1) is 5.54 Å². The Balaban J connectivity index is 1.95. The van der Waals surface area contributed by atoms with Crippen LogP contribution in [0.1, 0.15) is 37.0 Å². The number of carbonyl (C=O) groups excluding carboxylic acids is 1. The highest BCUT2D eigenvalue weighted by molar-refractivity contribution is 7.15. The molecule has 1 aromatic carbocycles. The molecule has 0 bridgehead atoms. The number of hydrogen-bond acceptors (Lipinski definition) is 6. The largest absolute Gasteiger partial charge is 0.501 e. The van der Waals surface area contributed by atoms with Crippen LogP contribution in [0.25, 0.3) is 10.7 Å². The van der Waals surface area contributed by atoms with Crippen LogP contribution in [0.15, 0.2) is 35.3 Å². The highest BCUT2D eigenvalue weighted by Gasteiger charge is 2.27. The Morgan fingerprint density at radius 1 is 1.32 bits per heavy atom. The molecule has 0 saturated heterocycles. The third-order valence-electron chi connectivity index (χ3n) is 4.02. The smallest absolute Gasteiger partial charge is 0.293 e. The summed E-state index contributed by atoms with van der Waals surface area (Å²) >= 11 is 1.27. The fraction of sp³-hybridized carbons (Fsp3) is 0.263. The molecule has 0 saturated carbocycles. The Kier molecular flexibility index (Phi) is 5.28. The minimum atomic E-state index is -0.943. The number of hydrogen-bond donors (Lipinski definition) is 3. The lowest BCUT2D eigenvalue weighted by Gasteiger charge is -2.24. The van der Waals surface area contributed by atoms with E-state index in [0.717, 1.165) is 10.4 Å². The van der Waals surface area contributed by atoms with E-state index in [9.17, 15) is 19.1 Å². The monoisotopic (exact) mass is 402 g/mol. The maximum absolute atomic E-state index is 13.0. The van der Waals surface area contributed by atoms with Crippen molar-refractivity contribution in [3.8, 4) is 16.5 Å². The van der Waals surface area contributed by atoms with Crippen LogP contribution in [0.5, 0.6) is 5.75 Å².